The highest BCUT2D eigenvalue weighted by atomic mass is 19.1. The molecule has 1 atom stereocenters. The molecule has 0 aromatic heterocycles. The number of rotatable bonds is 3. The van der Waals surface area contributed by atoms with E-state index in [9.17, 15) is 18.4 Å². The standard InChI is InChI=1S/C19H25F2N3O2/c1-14-5-2-3-8-24(14)17(25)13-22-9-11-23(12-10-22)19(26)18-15(20)6-4-7-16(18)21/h4,6-7,14H,2-3,5,8-13H2,1H3. The smallest absolute Gasteiger partial charge is 0.259 e. The molecule has 0 spiro atoms. The van der Waals surface area contributed by atoms with Crippen molar-refractivity contribution in [2.75, 3.05) is 39.3 Å². The zero-order chi connectivity index (χ0) is 18.7. The van der Waals surface area contributed by atoms with Crippen molar-refractivity contribution in [2.45, 2.75) is 32.2 Å². The molecule has 1 aromatic rings. The van der Waals surface area contributed by atoms with Crippen LogP contribution in [0.4, 0.5) is 8.78 Å². The van der Waals surface area contributed by atoms with Gasteiger partial charge in [0.15, 0.2) is 0 Å². The van der Waals surface area contributed by atoms with Crippen molar-refractivity contribution in [3.8, 4) is 0 Å². The van der Waals surface area contributed by atoms with Gasteiger partial charge in [-0.25, -0.2) is 8.78 Å². The van der Waals surface area contributed by atoms with Crippen LogP contribution in [0, 0.1) is 11.6 Å². The summed E-state index contributed by atoms with van der Waals surface area (Å²) in [6.07, 6.45) is 3.26. The minimum Gasteiger partial charge on any atom is -0.339 e. The van der Waals surface area contributed by atoms with Crippen molar-refractivity contribution in [2.24, 2.45) is 0 Å². The fraction of sp³-hybridized carbons (Fsp3) is 0.579. The highest BCUT2D eigenvalue weighted by Crippen LogP contribution is 2.18. The molecule has 3 rings (SSSR count). The Hall–Kier alpha value is -2.02. The van der Waals surface area contributed by atoms with Crippen LogP contribution in [0.1, 0.15) is 36.5 Å². The summed E-state index contributed by atoms with van der Waals surface area (Å²) in [5.41, 5.74) is -0.501. The first-order valence-electron chi connectivity index (χ1n) is 9.22. The second kappa shape index (κ2) is 8.12. The van der Waals surface area contributed by atoms with Gasteiger partial charge in [0.1, 0.15) is 17.2 Å². The van der Waals surface area contributed by atoms with Gasteiger partial charge in [0.25, 0.3) is 5.91 Å². The maximum absolute atomic E-state index is 13.8. The first-order chi connectivity index (χ1) is 12.5. The minimum atomic E-state index is -0.841. The summed E-state index contributed by atoms with van der Waals surface area (Å²) >= 11 is 0. The third-order valence-electron chi connectivity index (χ3n) is 5.32. The third kappa shape index (κ3) is 4.03. The van der Waals surface area contributed by atoms with Crippen molar-refractivity contribution in [3.05, 3.63) is 35.4 Å². The molecule has 142 valence electrons. The predicted molar refractivity (Wildman–Crippen MR) is 93.7 cm³/mol. The van der Waals surface area contributed by atoms with E-state index in [-0.39, 0.29) is 11.9 Å². The number of benzene rings is 1. The van der Waals surface area contributed by atoms with Crippen LogP contribution in [0.3, 0.4) is 0 Å². The third-order valence-corrected chi connectivity index (χ3v) is 5.32. The Morgan fingerprint density at radius 1 is 1.04 bits per heavy atom. The number of halogens is 2. The van der Waals surface area contributed by atoms with Crippen molar-refractivity contribution in [3.63, 3.8) is 0 Å². The lowest BCUT2D eigenvalue weighted by molar-refractivity contribution is -0.136. The molecule has 0 aliphatic carbocycles. The van der Waals surface area contributed by atoms with Gasteiger partial charge in [-0.05, 0) is 38.3 Å². The van der Waals surface area contributed by atoms with Gasteiger partial charge in [-0.3, -0.25) is 14.5 Å². The van der Waals surface area contributed by atoms with Crippen LogP contribution in [-0.4, -0.2) is 71.8 Å². The van der Waals surface area contributed by atoms with Gasteiger partial charge in [-0.2, -0.15) is 0 Å². The summed E-state index contributed by atoms with van der Waals surface area (Å²) in [7, 11) is 0. The molecular formula is C19H25F2N3O2. The number of piperazine rings is 1. The van der Waals surface area contributed by atoms with Crippen LogP contribution in [-0.2, 0) is 4.79 Å². The summed E-state index contributed by atoms with van der Waals surface area (Å²) in [5, 5.41) is 0. The summed E-state index contributed by atoms with van der Waals surface area (Å²) in [5.74, 6) is -2.19. The highest BCUT2D eigenvalue weighted by Gasteiger charge is 2.29. The monoisotopic (exact) mass is 365 g/mol. The van der Waals surface area contributed by atoms with Crippen LogP contribution < -0.4 is 0 Å². The van der Waals surface area contributed by atoms with E-state index >= 15 is 0 Å². The maximum Gasteiger partial charge on any atom is 0.259 e. The molecule has 2 aliphatic heterocycles. The molecule has 0 radical (unpaired) electrons. The van der Waals surface area contributed by atoms with Crippen molar-refractivity contribution in [1.82, 2.24) is 14.7 Å². The molecule has 1 unspecified atom stereocenters. The summed E-state index contributed by atoms with van der Waals surface area (Å²) in [6.45, 7) is 4.98. The van der Waals surface area contributed by atoms with Crippen molar-refractivity contribution < 1.29 is 18.4 Å². The van der Waals surface area contributed by atoms with Gasteiger partial charge >= 0.3 is 0 Å². The largest absolute Gasteiger partial charge is 0.339 e. The van der Waals surface area contributed by atoms with E-state index in [2.05, 4.69) is 6.92 Å². The highest BCUT2D eigenvalue weighted by molar-refractivity contribution is 5.94. The molecule has 2 fully saturated rings. The Labute approximate surface area is 152 Å². The Morgan fingerprint density at radius 3 is 2.31 bits per heavy atom. The van der Waals surface area contributed by atoms with E-state index in [4.69, 9.17) is 0 Å². The van der Waals surface area contributed by atoms with Crippen LogP contribution in [0.5, 0.6) is 0 Å². The number of likely N-dealkylation sites (tertiary alicyclic amines) is 1. The average Bonchev–Trinajstić information content (AvgIpc) is 2.62. The maximum atomic E-state index is 13.8. The molecule has 0 saturated carbocycles. The molecule has 0 bridgehead atoms. The summed E-state index contributed by atoms with van der Waals surface area (Å²) in [4.78, 5) is 30.3. The predicted octanol–water partition coefficient (Wildman–Crippen LogP) is 2.12. The van der Waals surface area contributed by atoms with Gasteiger partial charge in [-0.1, -0.05) is 6.07 Å². The van der Waals surface area contributed by atoms with Gasteiger partial charge in [0.2, 0.25) is 5.91 Å². The lowest BCUT2D eigenvalue weighted by Gasteiger charge is -2.38. The van der Waals surface area contributed by atoms with Crippen LogP contribution in [0.25, 0.3) is 0 Å². The second-order valence-corrected chi connectivity index (χ2v) is 7.10. The van der Waals surface area contributed by atoms with E-state index in [0.717, 1.165) is 31.5 Å². The van der Waals surface area contributed by atoms with E-state index in [1.54, 1.807) is 0 Å². The van der Waals surface area contributed by atoms with Gasteiger partial charge in [0.05, 0.1) is 6.54 Å². The van der Waals surface area contributed by atoms with E-state index in [0.29, 0.717) is 32.7 Å². The number of amides is 2. The zero-order valence-electron chi connectivity index (χ0n) is 15.1. The van der Waals surface area contributed by atoms with Crippen molar-refractivity contribution in [1.29, 1.82) is 0 Å². The van der Waals surface area contributed by atoms with Gasteiger partial charge in [-0.15, -0.1) is 0 Å². The molecule has 1 aromatic carbocycles. The fourth-order valence-electron chi connectivity index (χ4n) is 3.72. The Morgan fingerprint density at radius 2 is 1.69 bits per heavy atom. The molecule has 26 heavy (non-hydrogen) atoms. The first-order valence-corrected chi connectivity index (χ1v) is 9.22. The van der Waals surface area contributed by atoms with Gasteiger partial charge < -0.3 is 9.80 Å². The van der Waals surface area contributed by atoms with Crippen LogP contribution in [0.2, 0.25) is 0 Å². The summed E-state index contributed by atoms with van der Waals surface area (Å²) in [6, 6.07) is 3.70. The lowest BCUT2D eigenvalue weighted by atomic mass is 10.0. The molecule has 2 heterocycles. The molecule has 2 amide bonds. The van der Waals surface area contributed by atoms with Crippen molar-refractivity contribution >= 4 is 11.8 Å². The lowest BCUT2D eigenvalue weighted by Crippen LogP contribution is -2.53. The molecule has 5 nitrogen and oxygen atoms in total. The van der Waals surface area contributed by atoms with Crippen LogP contribution in [0.15, 0.2) is 18.2 Å². The normalized spacial score (nSPS) is 21.7. The number of nitrogens with zero attached hydrogens (tertiary/aromatic N) is 3. The second-order valence-electron chi connectivity index (χ2n) is 7.10. The van der Waals surface area contributed by atoms with Crippen LogP contribution >= 0.6 is 0 Å². The number of carbonyl (C=O) groups excluding carboxylic acids is 2. The average molecular weight is 365 g/mol. The van der Waals surface area contributed by atoms with E-state index in [1.165, 1.54) is 17.4 Å². The zero-order valence-corrected chi connectivity index (χ0v) is 15.1. The molecular weight excluding hydrogens is 340 g/mol. The Balaban J connectivity index is 1.54. The minimum absolute atomic E-state index is 0.122. The molecule has 2 saturated heterocycles. The molecule has 0 N–H and O–H groups in total. The quantitative estimate of drug-likeness (QED) is 0.824. The SMILES string of the molecule is CC1CCCCN1C(=O)CN1CCN(C(=O)c2c(F)cccc2F)CC1. The molecule has 7 heteroatoms. The van der Waals surface area contributed by atoms with Gasteiger partial charge in [0, 0.05) is 38.8 Å². The first kappa shape index (κ1) is 18.8. The van der Waals surface area contributed by atoms with E-state index in [1.807, 2.05) is 9.80 Å². The molecule has 2 aliphatic rings. The Kier molecular flexibility index (Phi) is 5.86. The topological polar surface area (TPSA) is 43.9 Å². The van der Waals surface area contributed by atoms with E-state index < -0.39 is 23.1 Å². The summed E-state index contributed by atoms with van der Waals surface area (Å²) < 4.78 is 27.6. The fourth-order valence-corrected chi connectivity index (χ4v) is 3.72. The number of piperidine rings is 1. The Bertz CT molecular complexity index is 654. The number of carbonyl (C=O) groups is 2. The number of hydrogen-bond acceptors (Lipinski definition) is 3. The number of hydrogen-bond donors (Lipinski definition) is 0.